The van der Waals surface area contributed by atoms with Crippen molar-refractivity contribution in [3.8, 4) is 0 Å². The van der Waals surface area contributed by atoms with Crippen LogP contribution in [0.3, 0.4) is 0 Å². The highest BCUT2D eigenvalue weighted by atomic mass is 19.2. The Hall–Kier alpha value is -1.71. The molecule has 1 aromatic carbocycles. The van der Waals surface area contributed by atoms with E-state index in [2.05, 4.69) is 10.3 Å². The molecule has 4 heteroatoms. The fourth-order valence-corrected chi connectivity index (χ4v) is 1.76. The Bertz CT molecular complexity index is 565. The normalized spacial score (nSPS) is 11.2. The van der Waals surface area contributed by atoms with Crippen molar-refractivity contribution in [1.29, 1.82) is 0 Å². The van der Waals surface area contributed by atoms with Crippen LogP contribution in [0.15, 0.2) is 18.2 Å². The Labute approximate surface area is 98.7 Å². The van der Waals surface area contributed by atoms with Gasteiger partial charge in [-0.3, -0.25) is 0 Å². The van der Waals surface area contributed by atoms with Crippen LogP contribution in [0.1, 0.15) is 25.5 Å². The van der Waals surface area contributed by atoms with Gasteiger partial charge in [0.1, 0.15) is 5.52 Å². The average molecular weight is 236 g/mol. The first-order valence-electron chi connectivity index (χ1n) is 5.51. The Morgan fingerprint density at radius 2 is 1.94 bits per heavy atom. The number of aromatic nitrogens is 1. The third-order valence-corrected chi connectivity index (χ3v) is 2.75. The van der Waals surface area contributed by atoms with Crippen molar-refractivity contribution >= 4 is 16.6 Å². The molecule has 2 nitrogen and oxygen atoms in total. The van der Waals surface area contributed by atoms with Gasteiger partial charge in [-0.1, -0.05) is 13.8 Å². The van der Waals surface area contributed by atoms with Crippen molar-refractivity contribution in [1.82, 2.24) is 4.98 Å². The minimum Gasteiger partial charge on any atom is -0.388 e. The van der Waals surface area contributed by atoms with Gasteiger partial charge < -0.3 is 5.32 Å². The van der Waals surface area contributed by atoms with E-state index in [1.54, 1.807) is 7.05 Å². The fraction of sp³-hybridized carbons (Fsp3) is 0.308. The topological polar surface area (TPSA) is 24.9 Å². The molecule has 0 atom stereocenters. The SMILES string of the molecule is CNc1cc(C(C)C)nc2c(F)c(F)ccc12. The highest BCUT2D eigenvalue weighted by Gasteiger charge is 2.13. The lowest BCUT2D eigenvalue weighted by Gasteiger charge is -2.11. The molecule has 0 spiro atoms. The summed E-state index contributed by atoms with van der Waals surface area (Å²) in [5, 5.41) is 3.58. The van der Waals surface area contributed by atoms with Crippen molar-refractivity contribution in [3.63, 3.8) is 0 Å². The number of fused-ring (bicyclic) bond motifs is 1. The van der Waals surface area contributed by atoms with Crippen molar-refractivity contribution < 1.29 is 8.78 Å². The van der Waals surface area contributed by atoms with Crippen molar-refractivity contribution in [2.24, 2.45) is 0 Å². The van der Waals surface area contributed by atoms with Crippen molar-refractivity contribution in [3.05, 3.63) is 35.5 Å². The standard InChI is InChI=1S/C13H14F2N2/c1-7(2)10-6-11(16-3)8-4-5-9(14)12(15)13(8)17-10/h4-7H,1-3H3,(H,16,17). The largest absolute Gasteiger partial charge is 0.388 e. The molecule has 1 heterocycles. The molecule has 0 saturated heterocycles. The van der Waals surface area contributed by atoms with E-state index >= 15 is 0 Å². The summed E-state index contributed by atoms with van der Waals surface area (Å²) in [4.78, 5) is 4.19. The molecule has 90 valence electrons. The van der Waals surface area contributed by atoms with Gasteiger partial charge in [-0.25, -0.2) is 13.8 Å². The predicted octanol–water partition coefficient (Wildman–Crippen LogP) is 3.68. The minimum atomic E-state index is -0.888. The molecule has 0 bridgehead atoms. The minimum absolute atomic E-state index is 0.0838. The first-order chi connectivity index (χ1) is 8.04. The third-order valence-electron chi connectivity index (χ3n) is 2.75. The Kier molecular flexibility index (Phi) is 2.96. The molecule has 0 radical (unpaired) electrons. The van der Waals surface area contributed by atoms with E-state index in [4.69, 9.17) is 0 Å². The third kappa shape index (κ3) is 1.95. The highest BCUT2D eigenvalue weighted by Crippen LogP contribution is 2.28. The van der Waals surface area contributed by atoms with Gasteiger partial charge in [-0.05, 0) is 24.1 Å². The molecule has 0 aliphatic heterocycles. The van der Waals surface area contributed by atoms with Crippen LogP contribution in [0, 0.1) is 11.6 Å². The summed E-state index contributed by atoms with van der Waals surface area (Å²) in [6, 6.07) is 4.52. The summed E-state index contributed by atoms with van der Waals surface area (Å²) in [6.45, 7) is 3.93. The molecule has 0 aliphatic carbocycles. The summed E-state index contributed by atoms with van der Waals surface area (Å²) < 4.78 is 26.9. The van der Waals surface area contributed by atoms with Gasteiger partial charge in [0.25, 0.3) is 0 Å². The smallest absolute Gasteiger partial charge is 0.185 e. The second-order valence-electron chi connectivity index (χ2n) is 4.26. The second kappa shape index (κ2) is 4.28. The summed E-state index contributed by atoms with van der Waals surface area (Å²) >= 11 is 0. The number of nitrogens with zero attached hydrogens (tertiary/aromatic N) is 1. The maximum absolute atomic E-state index is 13.7. The number of rotatable bonds is 2. The molecule has 2 rings (SSSR count). The molecule has 1 aromatic heterocycles. The van der Waals surface area contributed by atoms with Crippen molar-refractivity contribution in [2.75, 3.05) is 12.4 Å². The quantitative estimate of drug-likeness (QED) is 0.860. The zero-order valence-electron chi connectivity index (χ0n) is 10.0. The monoisotopic (exact) mass is 236 g/mol. The molecule has 1 N–H and O–H groups in total. The molecular weight excluding hydrogens is 222 g/mol. The van der Waals surface area contributed by atoms with Crippen molar-refractivity contribution in [2.45, 2.75) is 19.8 Å². The lowest BCUT2D eigenvalue weighted by atomic mass is 10.1. The maximum atomic E-state index is 13.7. The van der Waals surface area contributed by atoms with Gasteiger partial charge >= 0.3 is 0 Å². The zero-order valence-corrected chi connectivity index (χ0v) is 10.0. The van der Waals surface area contributed by atoms with Crippen LogP contribution in [-0.4, -0.2) is 12.0 Å². The maximum Gasteiger partial charge on any atom is 0.185 e. The fourth-order valence-electron chi connectivity index (χ4n) is 1.76. The van der Waals surface area contributed by atoms with Gasteiger partial charge in [0.15, 0.2) is 11.6 Å². The van der Waals surface area contributed by atoms with Crippen LogP contribution in [0.4, 0.5) is 14.5 Å². The summed E-state index contributed by atoms with van der Waals surface area (Å²) in [5.74, 6) is -1.59. The number of hydrogen-bond acceptors (Lipinski definition) is 2. The Morgan fingerprint density at radius 1 is 1.24 bits per heavy atom. The van der Waals surface area contributed by atoms with Gasteiger partial charge in [0, 0.05) is 23.8 Å². The number of halogens is 2. The van der Waals surface area contributed by atoms with Gasteiger partial charge in [-0.2, -0.15) is 0 Å². The molecule has 0 saturated carbocycles. The first kappa shape index (κ1) is 11.8. The lowest BCUT2D eigenvalue weighted by Crippen LogP contribution is -2.00. The van der Waals surface area contributed by atoms with E-state index in [1.165, 1.54) is 6.07 Å². The van der Waals surface area contributed by atoms with Gasteiger partial charge in [0.2, 0.25) is 0 Å². The molecule has 17 heavy (non-hydrogen) atoms. The van der Waals surface area contributed by atoms with Crippen LogP contribution in [-0.2, 0) is 0 Å². The van der Waals surface area contributed by atoms with Crippen LogP contribution in [0.2, 0.25) is 0 Å². The summed E-state index contributed by atoms with van der Waals surface area (Å²) in [7, 11) is 1.75. The molecule has 0 amide bonds. The summed E-state index contributed by atoms with van der Waals surface area (Å²) in [6.07, 6.45) is 0. The van der Waals surface area contributed by atoms with E-state index in [-0.39, 0.29) is 11.4 Å². The Morgan fingerprint density at radius 3 is 2.53 bits per heavy atom. The molecular formula is C13H14F2N2. The van der Waals surface area contributed by atoms with E-state index in [9.17, 15) is 8.78 Å². The van der Waals surface area contributed by atoms with E-state index in [0.717, 1.165) is 17.4 Å². The summed E-state index contributed by atoms with van der Waals surface area (Å²) in [5.41, 5.74) is 1.59. The van der Waals surface area contributed by atoms with E-state index in [0.29, 0.717) is 5.39 Å². The van der Waals surface area contributed by atoms with Crippen LogP contribution >= 0.6 is 0 Å². The van der Waals surface area contributed by atoms with Crippen LogP contribution in [0.5, 0.6) is 0 Å². The number of anilines is 1. The number of nitrogens with one attached hydrogen (secondary N) is 1. The van der Waals surface area contributed by atoms with E-state index in [1.807, 2.05) is 19.9 Å². The van der Waals surface area contributed by atoms with E-state index < -0.39 is 11.6 Å². The van der Waals surface area contributed by atoms with Gasteiger partial charge in [0.05, 0.1) is 0 Å². The lowest BCUT2D eigenvalue weighted by molar-refractivity contribution is 0.515. The number of hydrogen-bond donors (Lipinski definition) is 1. The first-order valence-corrected chi connectivity index (χ1v) is 5.51. The number of benzene rings is 1. The number of pyridine rings is 1. The Balaban J connectivity index is 2.83. The second-order valence-corrected chi connectivity index (χ2v) is 4.26. The van der Waals surface area contributed by atoms with Crippen LogP contribution in [0.25, 0.3) is 10.9 Å². The zero-order chi connectivity index (χ0) is 12.6. The van der Waals surface area contributed by atoms with Crippen LogP contribution < -0.4 is 5.32 Å². The predicted molar refractivity (Wildman–Crippen MR) is 65.3 cm³/mol. The average Bonchev–Trinajstić information content (AvgIpc) is 2.32. The highest BCUT2D eigenvalue weighted by molar-refractivity contribution is 5.91. The molecule has 0 unspecified atom stereocenters. The molecule has 2 aromatic rings. The van der Waals surface area contributed by atoms with Gasteiger partial charge in [-0.15, -0.1) is 0 Å². The molecule has 0 aliphatic rings. The molecule has 0 fully saturated rings.